The summed E-state index contributed by atoms with van der Waals surface area (Å²) < 4.78 is 38.9. The molecular weight excluding hydrogens is 583 g/mol. The van der Waals surface area contributed by atoms with Gasteiger partial charge in [0.05, 0.1) is 35.6 Å². The summed E-state index contributed by atoms with van der Waals surface area (Å²) in [7, 11) is 1.51. The minimum Gasteiger partial charge on any atom is -0.493 e. The maximum atomic E-state index is 14.1. The van der Waals surface area contributed by atoms with E-state index >= 15 is 0 Å². The molecule has 0 bridgehead atoms. The number of para-hydroxylation sites is 1. The van der Waals surface area contributed by atoms with Crippen molar-refractivity contribution in [3.63, 3.8) is 0 Å². The monoisotopic (exact) mass is 616 g/mol. The third-order valence-electron chi connectivity index (χ3n) is 6.92. The first-order valence-corrected chi connectivity index (χ1v) is 15.0. The first kappa shape index (κ1) is 30.7. The highest BCUT2D eigenvalue weighted by atomic mass is 32.1. The second-order valence-electron chi connectivity index (χ2n) is 10.3. The number of hydrogen-bond acceptors (Lipinski definition) is 8. The van der Waals surface area contributed by atoms with E-state index < -0.39 is 12.0 Å². The lowest BCUT2D eigenvalue weighted by Crippen LogP contribution is -2.40. The van der Waals surface area contributed by atoms with Crippen molar-refractivity contribution in [1.29, 1.82) is 0 Å². The number of ether oxygens (including phenoxy) is 4. The van der Waals surface area contributed by atoms with Crippen LogP contribution < -0.4 is 29.1 Å². The first-order chi connectivity index (χ1) is 21.2. The Hall–Kier alpha value is -4.70. The molecule has 0 N–H and O–H groups in total. The highest BCUT2D eigenvalue weighted by Gasteiger charge is 2.35. The zero-order valence-electron chi connectivity index (χ0n) is 25.1. The Morgan fingerprint density at radius 3 is 2.55 bits per heavy atom. The van der Waals surface area contributed by atoms with Crippen LogP contribution in [0.15, 0.2) is 87.8 Å². The van der Waals surface area contributed by atoms with Crippen molar-refractivity contribution in [3.05, 3.63) is 120 Å². The van der Waals surface area contributed by atoms with Crippen molar-refractivity contribution in [2.45, 2.75) is 46.4 Å². The molecule has 0 amide bonds. The van der Waals surface area contributed by atoms with Gasteiger partial charge in [0.15, 0.2) is 16.3 Å². The smallest absolute Gasteiger partial charge is 0.338 e. The van der Waals surface area contributed by atoms with Crippen LogP contribution in [0.3, 0.4) is 0 Å². The number of halogens is 1. The van der Waals surface area contributed by atoms with E-state index in [-0.39, 0.29) is 36.3 Å². The van der Waals surface area contributed by atoms with E-state index in [0.717, 1.165) is 0 Å². The summed E-state index contributed by atoms with van der Waals surface area (Å²) in [5, 5.41) is 0. The van der Waals surface area contributed by atoms with Crippen molar-refractivity contribution in [2.24, 2.45) is 4.99 Å². The molecule has 10 heteroatoms. The molecule has 8 nitrogen and oxygen atoms in total. The van der Waals surface area contributed by atoms with Gasteiger partial charge in [-0.05, 0) is 63.6 Å². The fraction of sp³-hybridized carbons (Fsp3) is 0.265. The number of benzene rings is 3. The van der Waals surface area contributed by atoms with Crippen molar-refractivity contribution in [2.75, 3.05) is 13.7 Å². The van der Waals surface area contributed by atoms with Crippen LogP contribution in [-0.2, 0) is 16.1 Å². The Morgan fingerprint density at radius 2 is 1.82 bits per heavy atom. The van der Waals surface area contributed by atoms with E-state index in [0.29, 0.717) is 49.0 Å². The number of aromatic nitrogens is 1. The number of allylic oxidation sites excluding steroid dienone is 1. The van der Waals surface area contributed by atoms with E-state index in [1.807, 2.05) is 38.1 Å². The predicted octanol–water partition coefficient (Wildman–Crippen LogP) is 5.31. The fourth-order valence-corrected chi connectivity index (χ4v) is 6.02. The van der Waals surface area contributed by atoms with Gasteiger partial charge < -0.3 is 18.9 Å². The third-order valence-corrected chi connectivity index (χ3v) is 7.90. The molecule has 0 fully saturated rings. The second kappa shape index (κ2) is 13.3. The lowest BCUT2D eigenvalue weighted by atomic mass is 9.95. The Bertz CT molecular complexity index is 1910. The molecule has 3 aromatic carbocycles. The van der Waals surface area contributed by atoms with Gasteiger partial charge in [0.25, 0.3) is 5.56 Å². The molecule has 44 heavy (non-hydrogen) atoms. The molecule has 0 unspecified atom stereocenters. The number of hydrogen-bond donors (Lipinski definition) is 0. The molecule has 2 heterocycles. The molecule has 228 valence electrons. The second-order valence-corrected chi connectivity index (χ2v) is 11.3. The summed E-state index contributed by atoms with van der Waals surface area (Å²) in [5.74, 6) is 0.542. The van der Waals surface area contributed by atoms with Gasteiger partial charge in [0, 0.05) is 11.1 Å². The molecule has 5 rings (SSSR count). The number of carbonyl (C=O) groups excluding carboxylic acids is 1. The van der Waals surface area contributed by atoms with E-state index in [2.05, 4.69) is 4.99 Å². The van der Waals surface area contributed by atoms with Crippen LogP contribution in [0.5, 0.6) is 17.2 Å². The number of methoxy groups -OCH3 is 1. The van der Waals surface area contributed by atoms with E-state index in [9.17, 15) is 14.0 Å². The number of fused-ring (bicyclic) bond motifs is 1. The predicted molar refractivity (Wildman–Crippen MR) is 166 cm³/mol. The molecule has 1 aromatic heterocycles. The lowest BCUT2D eigenvalue weighted by molar-refractivity contribution is -0.139. The van der Waals surface area contributed by atoms with E-state index in [4.69, 9.17) is 18.9 Å². The zero-order chi connectivity index (χ0) is 31.4. The maximum Gasteiger partial charge on any atom is 0.338 e. The molecule has 0 spiro atoms. The quantitative estimate of drug-likeness (QED) is 0.225. The van der Waals surface area contributed by atoms with Crippen molar-refractivity contribution < 1.29 is 28.1 Å². The Morgan fingerprint density at radius 1 is 1.07 bits per heavy atom. The van der Waals surface area contributed by atoms with Crippen LogP contribution in [0, 0.1) is 5.82 Å². The molecule has 1 aliphatic rings. The number of rotatable bonds is 10. The van der Waals surface area contributed by atoms with Gasteiger partial charge in [-0.3, -0.25) is 9.36 Å². The number of esters is 1. The van der Waals surface area contributed by atoms with Gasteiger partial charge in [-0.1, -0.05) is 53.8 Å². The van der Waals surface area contributed by atoms with Crippen LogP contribution in [0.25, 0.3) is 6.08 Å². The zero-order valence-corrected chi connectivity index (χ0v) is 25.9. The Kier molecular flexibility index (Phi) is 9.29. The van der Waals surface area contributed by atoms with Crippen LogP contribution in [-0.4, -0.2) is 30.4 Å². The highest BCUT2D eigenvalue weighted by molar-refractivity contribution is 7.07. The fourth-order valence-electron chi connectivity index (χ4n) is 4.97. The molecule has 4 aromatic rings. The maximum absolute atomic E-state index is 14.1. The molecule has 0 aliphatic carbocycles. The lowest BCUT2D eigenvalue weighted by Gasteiger charge is -2.26. The summed E-state index contributed by atoms with van der Waals surface area (Å²) >= 11 is 1.22. The average molecular weight is 617 g/mol. The molecule has 0 saturated carbocycles. The van der Waals surface area contributed by atoms with Gasteiger partial charge in [0.2, 0.25) is 0 Å². The van der Waals surface area contributed by atoms with Crippen LogP contribution in [0.2, 0.25) is 0 Å². The summed E-state index contributed by atoms with van der Waals surface area (Å²) in [6.07, 6.45) is 1.61. The summed E-state index contributed by atoms with van der Waals surface area (Å²) in [4.78, 5) is 32.4. The summed E-state index contributed by atoms with van der Waals surface area (Å²) in [6.45, 7) is 7.52. The first-order valence-electron chi connectivity index (χ1n) is 14.2. The summed E-state index contributed by atoms with van der Waals surface area (Å²) in [5.41, 5.74) is 2.21. The van der Waals surface area contributed by atoms with Crippen LogP contribution in [0.1, 0.15) is 50.4 Å². The van der Waals surface area contributed by atoms with Gasteiger partial charge in [-0.15, -0.1) is 0 Å². The minimum atomic E-state index is -0.800. The summed E-state index contributed by atoms with van der Waals surface area (Å²) in [6, 6.07) is 18.2. The van der Waals surface area contributed by atoms with Crippen molar-refractivity contribution in [3.8, 4) is 17.2 Å². The van der Waals surface area contributed by atoms with Crippen LogP contribution >= 0.6 is 11.3 Å². The standard InChI is InChI=1S/C34H33FN2O6S/c1-6-41-33(39)30-21(4)36-34-37(31(30)24-12-8-10-14-26(24)43-20(2)3)32(38)29(44-34)18-22-15-16-27(28(17-22)40-5)42-19-23-11-7-9-13-25(23)35/h7-18,20,31H,6,19H2,1-5H3/b29-18+/t31-/m0/s1. The molecule has 1 aliphatic heterocycles. The van der Waals surface area contributed by atoms with E-state index in [1.165, 1.54) is 29.1 Å². The average Bonchev–Trinajstić information content (AvgIpc) is 3.30. The Balaban J connectivity index is 1.58. The van der Waals surface area contributed by atoms with Gasteiger partial charge >= 0.3 is 5.97 Å². The van der Waals surface area contributed by atoms with E-state index in [1.54, 1.807) is 56.3 Å². The normalized spacial score (nSPS) is 14.7. The molecule has 1 atom stereocenters. The van der Waals surface area contributed by atoms with Crippen molar-refractivity contribution >= 4 is 23.4 Å². The molecule has 0 radical (unpaired) electrons. The minimum absolute atomic E-state index is 0.0329. The molecular formula is C34H33FN2O6S. The largest absolute Gasteiger partial charge is 0.493 e. The van der Waals surface area contributed by atoms with Crippen LogP contribution in [0.4, 0.5) is 4.39 Å². The topological polar surface area (TPSA) is 88.4 Å². The van der Waals surface area contributed by atoms with Gasteiger partial charge in [-0.25, -0.2) is 14.2 Å². The van der Waals surface area contributed by atoms with Crippen molar-refractivity contribution in [1.82, 2.24) is 4.57 Å². The van der Waals surface area contributed by atoms with Gasteiger partial charge in [0.1, 0.15) is 24.2 Å². The highest BCUT2D eigenvalue weighted by Crippen LogP contribution is 2.36. The Labute approximate surface area is 258 Å². The number of nitrogens with zero attached hydrogens (tertiary/aromatic N) is 2. The SMILES string of the molecule is CCOC(=O)C1=C(C)N=c2s/c(=C/c3ccc(OCc4ccccc4F)c(OC)c3)c(=O)n2[C@H]1c1ccccc1OC(C)C. The van der Waals surface area contributed by atoms with Gasteiger partial charge in [-0.2, -0.15) is 0 Å². The number of carbonyl (C=O) groups is 1. The number of thiazole rings is 1. The molecule has 0 saturated heterocycles. The third kappa shape index (κ3) is 6.30.